The fourth-order valence-corrected chi connectivity index (χ4v) is 10.4. The number of hydrogen-bond donors (Lipinski definition) is 6. The van der Waals surface area contributed by atoms with Crippen LogP contribution in [-0.4, -0.2) is 128 Å². The zero-order valence-corrected chi connectivity index (χ0v) is 41.8. The van der Waals surface area contributed by atoms with Gasteiger partial charge in [0.2, 0.25) is 29.5 Å². The van der Waals surface area contributed by atoms with Gasteiger partial charge in [-0.2, -0.15) is 0 Å². The molecule has 2 aromatic carbocycles. The molecule has 23 heteroatoms. The van der Waals surface area contributed by atoms with E-state index in [1.54, 1.807) is 44.2 Å². The van der Waals surface area contributed by atoms with E-state index in [-0.39, 0.29) is 86.4 Å². The van der Waals surface area contributed by atoms with Gasteiger partial charge in [0.1, 0.15) is 25.1 Å². The lowest BCUT2D eigenvalue weighted by Crippen LogP contribution is -2.54. The number of nitrogens with zero attached hydrogens (tertiary/aromatic N) is 4. The monoisotopic (exact) mass is 1050 g/mol. The maximum atomic E-state index is 15.7. The summed E-state index contributed by atoms with van der Waals surface area (Å²) in [5.74, 6) is -7.20. The molecular weight excluding hydrogens is 992 g/mol. The van der Waals surface area contributed by atoms with Crippen molar-refractivity contribution in [1.29, 1.82) is 0 Å². The summed E-state index contributed by atoms with van der Waals surface area (Å²) in [5.41, 5.74) is 6.50. The van der Waals surface area contributed by atoms with Crippen molar-refractivity contribution in [3.63, 3.8) is 0 Å². The molecule has 0 fully saturated rings. The molecule has 3 aliphatic heterocycles. The summed E-state index contributed by atoms with van der Waals surface area (Å²) in [6.07, 6.45) is 3.42. The van der Waals surface area contributed by atoms with Crippen molar-refractivity contribution in [1.82, 2.24) is 35.3 Å². The van der Waals surface area contributed by atoms with Crippen LogP contribution in [-0.2, 0) is 84.2 Å². The average molecular weight is 1050 g/mol. The van der Waals surface area contributed by atoms with Gasteiger partial charge in [-0.3, -0.25) is 48.1 Å². The lowest BCUT2D eigenvalue weighted by Gasteiger charge is -2.38. The summed E-state index contributed by atoms with van der Waals surface area (Å²) in [7, 11) is 0. The Morgan fingerprint density at radius 2 is 1.71 bits per heavy atom. The van der Waals surface area contributed by atoms with E-state index < -0.39 is 115 Å². The predicted octanol–water partition coefficient (Wildman–Crippen LogP) is 1.13. The summed E-state index contributed by atoms with van der Waals surface area (Å²) in [6, 6.07) is 8.11. The quantitative estimate of drug-likeness (QED) is 0.0304. The van der Waals surface area contributed by atoms with Crippen LogP contribution in [0, 0.1) is 12.7 Å². The Bertz CT molecular complexity index is 3140. The minimum absolute atomic E-state index is 0.0246. The Balaban J connectivity index is 0.980. The van der Waals surface area contributed by atoms with E-state index in [0.29, 0.717) is 52.5 Å². The van der Waals surface area contributed by atoms with Gasteiger partial charge >= 0.3 is 11.9 Å². The Morgan fingerprint density at radius 3 is 2.41 bits per heavy atom. The zero-order valence-electron chi connectivity index (χ0n) is 41.8. The van der Waals surface area contributed by atoms with Crippen LogP contribution in [0.2, 0.25) is 0 Å². The molecule has 0 spiro atoms. The maximum Gasteiger partial charge on any atom is 0.343 e. The third kappa shape index (κ3) is 11.2. The second-order valence-corrected chi connectivity index (χ2v) is 19.2. The van der Waals surface area contributed by atoms with Gasteiger partial charge in [-0.05, 0) is 67.3 Å². The number of esters is 1. The van der Waals surface area contributed by atoms with Gasteiger partial charge in [-0.1, -0.05) is 43.7 Å². The number of amides is 7. The highest BCUT2D eigenvalue weighted by molar-refractivity contribution is 6.12. The minimum Gasteiger partial charge on any atom is -0.481 e. The first-order valence-corrected chi connectivity index (χ1v) is 24.9. The largest absolute Gasteiger partial charge is 0.481 e. The van der Waals surface area contributed by atoms with Crippen LogP contribution < -0.4 is 27.2 Å². The molecule has 5 heterocycles. The number of carbonyl (C=O) groups excluding carboxylic acids is 8. The zero-order chi connectivity index (χ0) is 54.6. The lowest BCUT2D eigenvalue weighted by atomic mass is 9.80. The van der Waals surface area contributed by atoms with Crippen LogP contribution >= 0.6 is 0 Å². The number of imide groups is 1. The van der Waals surface area contributed by atoms with Crippen LogP contribution in [0.4, 0.5) is 4.39 Å². The standard InChI is InChI=1S/C53H57FN8O14/c1-3-53(74)34-20-39-49-32(23-61(39)50(71)33(34)26-76-52(53)73)48-38(14-13-31-28(2)35(54)21-36(59-49)47(31)48)62(24-40(55)63)51(72)37(18-29-10-6-4-7-11-29)58-42(65)22-56-43(66)27-75-25-30(19-46(69)70)57-41(64)12-8-5-9-17-60-44(67)15-16-45(60)68/h4,6-7,10-11,15-16,20-21,30,37-38,74H,3,5,8-9,12-14,17-19,22-27H2,1-2H3,(H2,55,63)(H,56,66)(H,57,64)(H,58,65)(H,69,70)/t30-,37-,38-,53-/m0/s1. The van der Waals surface area contributed by atoms with Crippen molar-refractivity contribution < 1.29 is 67.2 Å². The Morgan fingerprint density at radius 1 is 0.974 bits per heavy atom. The smallest absolute Gasteiger partial charge is 0.343 e. The van der Waals surface area contributed by atoms with Crippen molar-refractivity contribution in [3.05, 3.63) is 110 Å². The van der Waals surface area contributed by atoms with Gasteiger partial charge in [0.25, 0.3) is 17.4 Å². The third-order valence-corrected chi connectivity index (χ3v) is 14.2. The number of primary amides is 1. The van der Waals surface area contributed by atoms with Crippen molar-refractivity contribution in [2.45, 2.75) is 109 Å². The predicted molar refractivity (Wildman–Crippen MR) is 266 cm³/mol. The molecule has 76 heavy (non-hydrogen) atoms. The molecule has 400 valence electrons. The highest BCUT2D eigenvalue weighted by atomic mass is 19.1. The third-order valence-electron chi connectivity index (χ3n) is 14.2. The molecule has 0 unspecified atom stereocenters. The number of carboxylic acid groups (broad SMARTS) is 1. The number of aliphatic carboxylic acids is 1. The number of pyridine rings is 2. The number of ether oxygens (including phenoxy) is 2. The number of nitrogens with one attached hydrogen (secondary N) is 3. The Labute approximate surface area is 433 Å². The number of benzene rings is 2. The van der Waals surface area contributed by atoms with Crippen LogP contribution in [0.5, 0.6) is 0 Å². The van der Waals surface area contributed by atoms with E-state index in [0.717, 1.165) is 4.90 Å². The number of carbonyl (C=O) groups is 9. The summed E-state index contributed by atoms with van der Waals surface area (Å²) < 4.78 is 27.8. The first-order chi connectivity index (χ1) is 36.3. The van der Waals surface area contributed by atoms with Gasteiger partial charge in [-0.15, -0.1) is 0 Å². The molecule has 7 N–H and O–H groups in total. The number of aliphatic hydroxyl groups is 1. The van der Waals surface area contributed by atoms with E-state index in [4.69, 9.17) is 20.2 Å². The summed E-state index contributed by atoms with van der Waals surface area (Å²) in [6.45, 7) is 0.630. The van der Waals surface area contributed by atoms with E-state index >= 15 is 9.18 Å². The molecule has 2 aromatic heterocycles. The molecule has 0 bridgehead atoms. The SMILES string of the molecule is CC[C@@]1(O)C(=O)OCc2c1cc1n(c2=O)Cc2c-1nc1cc(F)c(C)c3c1c2[C@@H](N(CC(N)=O)C(=O)[C@H](Cc1ccccc1)NC(=O)CNC(=O)COC[C@H](CC(=O)O)NC(=O)CCCCCN1C(=O)C=CC1=O)CC3. The van der Waals surface area contributed by atoms with Crippen LogP contribution in [0.3, 0.4) is 0 Å². The molecule has 1 aliphatic carbocycles. The molecule has 4 aromatic rings. The Kier molecular flexibility index (Phi) is 16.2. The number of rotatable bonds is 23. The molecular formula is C53H57FN8O14. The first-order valence-electron chi connectivity index (χ1n) is 24.9. The van der Waals surface area contributed by atoms with Gasteiger partial charge in [-0.25, -0.2) is 14.2 Å². The molecule has 0 radical (unpaired) electrons. The fourth-order valence-electron chi connectivity index (χ4n) is 10.4. The molecule has 0 saturated carbocycles. The lowest BCUT2D eigenvalue weighted by molar-refractivity contribution is -0.172. The van der Waals surface area contributed by atoms with Gasteiger partial charge < -0.3 is 50.8 Å². The normalized spacial score (nSPS) is 17.8. The van der Waals surface area contributed by atoms with E-state index in [9.17, 15) is 53.4 Å². The van der Waals surface area contributed by atoms with Crippen LogP contribution in [0.1, 0.15) is 96.9 Å². The Hall–Kier alpha value is -8.18. The number of cyclic esters (lactones) is 1. The fraction of sp³-hybridized carbons (Fsp3) is 0.415. The second kappa shape index (κ2) is 22.7. The highest BCUT2D eigenvalue weighted by Crippen LogP contribution is 2.47. The van der Waals surface area contributed by atoms with Crippen molar-refractivity contribution in [2.24, 2.45) is 5.73 Å². The number of fused-ring (bicyclic) bond motifs is 5. The van der Waals surface area contributed by atoms with Crippen LogP contribution in [0.15, 0.2) is 59.4 Å². The van der Waals surface area contributed by atoms with E-state index in [2.05, 4.69) is 16.0 Å². The summed E-state index contributed by atoms with van der Waals surface area (Å²) in [4.78, 5) is 137. The van der Waals surface area contributed by atoms with Crippen molar-refractivity contribution >= 4 is 64.2 Å². The summed E-state index contributed by atoms with van der Waals surface area (Å²) >= 11 is 0. The molecule has 7 amide bonds. The van der Waals surface area contributed by atoms with Crippen LogP contribution in [0.25, 0.3) is 22.3 Å². The molecule has 22 nitrogen and oxygen atoms in total. The molecule has 8 rings (SSSR count). The number of carboxylic acids is 1. The van der Waals surface area contributed by atoms with E-state index in [1.165, 1.54) is 33.8 Å². The van der Waals surface area contributed by atoms with Gasteiger partial charge in [0, 0.05) is 54.1 Å². The van der Waals surface area contributed by atoms with E-state index in [1.807, 2.05) is 0 Å². The molecule has 4 aliphatic rings. The van der Waals surface area contributed by atoms with Gasteiger partial charge in [0.15, 0.2) is 5.60 Å². The molecule has 0 saturated heterocycles. The topological polar surface area (TPSA) is 316 Å². The number of aromatic nitrogens is 2. The average Bonchev–Trinajstić information content (AvgIpc) is 4.00. The first kappa shape index (κ1) is 54.1. The second-order valence-electron chi connectivity index (χ2n) is 19.2. The number of nitrogens with two attached hydrogens (primary N) is 1. The minimum atomic E-state index is -2.13. The number of hydrogen-bond acceptors (Lipinski definition) is 14. The van der Waals surface area contributed by atoms with Crippen molar-refractivity contribution in [2.75, 3.05) is 32.8 Å². The molecule has 4 atom stereocenters. The van der Waals surface area contributed by atoms with Crippen molar-refractivity contribution in [3.8, 4) is 11.4 Å². The maximum absolute atomic E-state index is 15.7. The highest BCUT2D eigenvalue weighted by Gasteiger charge is 2.46. The number of halogens is 1. The number of aryl methyl sites for hydroxylation is 1. The summed E-state index contributed by atoms with van der Waals surface area (Å²) in [5, 5.41) is 29.1. The number of unbranched alkanes of at least 4 members (excludes halogenated alkanes) is 2. The van der Waals surface area contributed by atoms with Gasteiger partial charge in [0.05, 0.1) is 67.2 Å².